The Bertz CT molecular complexity index is 1430. The maximum Gasteiger partial charge on any atom is 0.295 e. The van der Waals surface area contributed by atoms with Crippen LogP contribution in [0.15, 0.2) is 53.2 Å². The van der Waals surface area contributed by atoms with Gasteiger partial charge in [-0.05, 0) is 56.9 Å². The highest BCUT2D eigenvalue weighted by Gasteiger charge is 2.30. The molecule has 4 N–H and O–H groups in total. The number of pyridine rings is 1. The lowest BCUT2D eigenvalue weighted by Gasteiger charge is -2.40. The minimum absolute atomic E-state index is 0.233. The smallest absolute Gasteiger partial charge is 0.295 e. The van der Waals surface area contributed by atoms with Crippen LogP contribution < -0.4 is 21.3 Å². The van der Waals surface area contributed by atoms with Crippen molar-refractivity contribution in [2.24, 2.45) is 5.73 Å². The van der Waals surface area contributed by atoms with Gasteiger partial charge in [-0.1, -0.05) is 25.0 Å². The average molecular weight is 515 g/mol. The highest BCUT2D eigenvalue weighted by atomic mass is 16.4. The fourth-order valence-electron chi connectivity index (χ4n) is 5.78. The number of primary amides is 1. The molecule has 1 amide bonds. The largest absolute Gasteiger partial charge is 0.424 e. The van der Waals surface area contributed by atoms with Crippen LogP contribution >= 0.6 is 0 Å². The molecule has 1 aliphatic heterocycles. The number of hydrogen-bond donors (Lipinski definition) is 3. The Morgan fingerprint density at radius 2 is 1.97 bits per heavy atom. The van der Waals surface area contributed by atoms with Gasteiger partial charge < -0.3 is 25.7 Å². The number of carbonyl (C=O) groups excluding carboxylic acids is 1. The SMILES string of the molecule is Cc1nc2ccc(N3CCC[C@H](N[C@@H]4CCCC[C@H]4Nc4ncc(-c5cccc(C(N)=O)c5)o4)C3)cn2n1. The lowest BCUT2D eigenvalue weighted by molar-refractivity contribution is 0.100. The fraction of sp³-hybridized carbons (Fsp3) is 0.429. The van der Waals surface area contributed by atoms with E-state index in [9.17, 15) is 4.79 Å². The highest BCUT2D eigenvalue weighted by Crippen LogP contribution is 2.28. The summed E-state index contributed by atoms with van der Waals surface area (Å²) >= 11 is 0. The lowest BCUT2D eigenvalue weighted by atomic mass is 9.89. The number of fused-ring (bicyclic) bond motifs is 1. The van der Waals surface area contributed by atoms with Crippen molar-refractivity contribution >= 4 is 23.3 Å². The maximum absolute atomic E-state index is 11.6. The van der Waals surface area contributed by atoms with Crippen LogP contribution in [0.25, 0.3) is 17.0 Å². The number of carbonyl (C=O) groups is 1. The minimum atomic E-state index is -0.462. The fourth-order valence-corrected chi connectivity index (χ4v) is 5.78. The number of nitrogens with zero attached hydrogens (tertiary/aromatic N) is 5. The maximum atomic E-state index is 11.6. The van der Waals surface area contributed by atoms with Gasteiger partial charge in [0.15, 0.2) is 11.4 Å². The molecule has 3 atom stereocenters. The highest BCUT2D eigenvalue weighted by molar-refractivity contribution is 5.93. The van der Waals surface area contributed by atoms with Crippen LogP contribution in [0.4, 0.5) is 11.7 Å². The van der Waals surface area contributed by atoms with Crippen LogP contribution in [0, 0.1) is 6.92 Å². The van der Waals surface area contributed by atoms with Crippen LogP contribution in [-0.2, 0) is 0 Å². The summed E-state index contributed by atoms with van der Waals surface area (Å²) in [5.41, 5.74) is 8.72. The monoisotopic (exact) mass is 514 g/mol. The van der Waals surface area contributed by atoms with Crippen LogP contribution in [0.5, 0.6) is 0 Å². The molecule has 0 radical (unpaired) electrons. The second-order valence-corrected chi connectivity index (χ2v) is 10.4. The number of oxazole rings is 1. The van der Waals surface area contributed by atoms with Gasteiger partial charge in [0.2, 0.25) is 5.91 Å². The number of aromatic nitrogens is 4. The summed E-state index contributed by atoms with van der Waals surface area (Å²) in [5.74, 6) is 0.933. The molecule has 10 heteroatoms. The Balaban J connectivity index is 1.11. The van der Waals surface area contributed by atoms with Gasteiger partial charge in [-0.25, -0.2) is 14.5 Å². The molecular weight excluding hydrogens is 480 g/mol. The number of rotatable bonds is 7. The summed E-state index contributed by atoms with van der Waals surface area (Å²) in [7, 11) is 0. The Kier molecular flexibility index (Phi) is 6.71. The molecule has 198 valence electrons. The quantitative estimate of drug-likeness (QED) is 0.340. The van der Waals surface area contributed by atoms with Gasteiger partial charge in [-0.3, -0.25) is 4.79 Å². The number of anilines is 2. The van der Waals surface area contributed by atoms with E-state index in [1.54, 1.807) is 24.4 Å². The van der Waals surface area contributed by atoms with E-state index in [2.05, 4.69) is 42.9 Å². The van der Waals surface area contributed by atoms with Crippen molar-refractivity contribution in [3.63, 3.8) is 0 Å². The van der Waals surface area contributed by atoms with Crippen molar-refractivity contribution in [2.45, 2.75) is 63.6 Å². The zero-order valence-electron chi connectivity index (χ0n) is 21.6. The summed E-state index contributed by atoms with van der Waals surface area (Å²) in [4.78, 5) is 22.9. The van der Waals surface area contributed by atoms with Crippen molar-refractivity contribution in [1.82, 2.24) is 24.9 Å². The third-order valence-electron chi connectivity index (χ3n) is 7.67. The van der Waals surface area contributed by atoms with E-state index in [0.29, 0.717) is 29.4 Å². The van der Waals surface area contributed by atoms with Crippen molar-refractivity contribution in [3.8, 4) is 11.3 Å². The molecule has 2 aliphatic rings. The molecule has 38 heavy (non-hydrogen) atoms. The Morgan fingerprint density at radius 3 is 2.84 bits per heavy atom. The summed E-state index contributed by atoms with van der Waals surface area (Å²) in [5, 5.41) is 12.0. The van der Waals surface area contributed by atoms with Gasteiger partial charge in [-0.15, -0.1) is 0 Å². The van der Waals surface area contributed by atoms with Gasteiger partial charge >= 0.3 is 0 Å². The molecule has 4 heterocycles. The number of hydrogen-bond acceptors (Lipinski definition) is 8. The molecule has 4 aromatic rings. The molecule has 0 spiro atoms. The molecule has 0 bridgehead atoms. The number of piperidine rings is 1. The first kappa shape index (κ1) is 24.4. The molecule has 1 aromatic carbocycles. The van der Waals surface area contributed by atoms with Crippen LogP contribution in [-0.4, -0.2) is 56.7 Å². The Hall–Kier alpha value is -3.92. The number of nitrogens with two attached hydrogens (primary N) is 1. The van der Waals surface area contributed by atoms with Gasteiger partial charge in [-0.2, -0.15) is 5.10 Å². The summed E-state index contributed by atoms with van der Waals surface area (Å²) in [6.07, 6.45) is 10.7. The predicted octanol–water partition coefficient (Wildman–Crippen LogP) is 3.77. The van der Waals surface area contributed by atoms with E-state index >= 15 is 0 Å². The predicted molar refractivity (Wildman–Crippen MR) is 146 cm³/mol. The van der Waals surface area contributed by atoms with E-state index in [-0.39, 0.29) is 6.04 Å². The van der Waals surface area contributed by atoms with E-state index < -0.39 is 5.91 Å². The molecule has 1 saturated carbocycles. The number of nitrogens with one attached hydrogen (secondary N) is 2. The number of aryl methyl sites for hydroxylation is 1. The van der Waals surface area contributed by atoms with Gasteiger partial charge in [0.05, 0.1) is 18.1 Å². The summed E-state index contributed by atoms with van der Waals surface area (Å²) < 4.78 is 7.91. The number of amides is 1. The second-order valence-electron chi connectivity index (χ2n) is 10.4. The first-order chi connectivity index (χ1) is 18.5. The first-order valence-corrected chi connectivity index (χ1v) is 13.5. The van der Waals surface area contributed by atoms with Crippen molar-refractivity contribution in [3.05, 3.63) is 60.2 Å². The van der Waals surface area contributed by atoms with Gasteiger partial charge in [0, 0.05) is 42.3 Å². The van der Waals surface area contributed by atoms with Crippen molar-refractivity contribution in [2.75, 3.05) is 23.3 Å². The van der Waals surface area contributed by atoms with Gasteiger partial charge in [0.1, 0.15) is 5.82 Å². The topological polar surface area (TPSA) is 127 Å². The molecule has 1 aliphatic carbocycles. The molecule has 3 aromatic heterocycles. The normalized spacial score (nSPS) is 22.0. The molecule has 0 unspecified atom stereocenters. The van der Waals surface area contributed by atoms with Crippen LogP contribution in [0.3, 0.4) is 0 Å². The molecule has 2 fully saturated rings. The standard InChI is InChI=1S/C28H34N8O2/c1-18-31-26-12-11-22(17-36(26)34-18)35-13-5-8-21(16-35)32-23-9-2-3-10-24(23)33-28-30-15-25(38-28)19-6-4-7-20(14-19)27(29)37/h4,6-7,11-12,14-15,17,21,23-24,32H,2-3,5,8-10,13,16H2,1H3,(H2,29,37)(H,30,33)/t21-,23+,24+/m0/s1. The molecule has 1 saturated heterocycles. The van der Waals surface area contributed by atoms with Crippen LogP contribution in [0.1, 0.15) is 54.7 Å². The third-order valence-corrected chi connectivity index (χ3v) is 7.67. The van der Waals surface area contributed by atoms with E-state index in [4.69, 9.17) is 10.2 Å². The summed E-state index contributed by atoms with van der Waals surface area (Å²) in [6.45, 7) is 3.92. The van der Waals surface area contributed by atoms with Crippen molar-refractivity contribution in [1.29, 1.82) is 0 Å². The number of benzene rings is 1. The van der Waals surface area contributed by atoms with E-state index in [1.807, 2.05) is 23.6 Å². The van der Waals surface area contributed by atoms with Crippen LogP contribution in [0.2, 0.25) is 0 Å². The van der Waals surface area contributed by atoms with Gasteiger partial charge in [0.25, 0.3) is 6.01 Å². The zero-order valence-corrected chi connectivity index (χ0v) is 21.6. The Morgan fingerprint density at radius 1 is 1.11 bits per heavy atom. The molecular formula is C28H34N8O2. The average Bonchev–Trinajstić information content (AvgIpc) is 3.55. The zero-order chi connectivity index (χ0) is 26.1. The lowest BCUT2D eigenvalue weighted by Crippen LogP contribution is -2.54. The van der Waals surface area contributed by atoms with Crippen molar-refractivity contribution < 1.29 is 9.21 Å². The first-order valence-electron chi connectivity index (χ1n) is 13.5. The molecule has 10 nitrogen and oxygen atoms in total. The summed E-state index contributed by atoms with van der Waals surface area (Å²) in [6, 6.07) is 12.8. The van der Waals surface area contributed by atoms with E-state index in [0.717, 1.165) is 55.8 Å². The molecule has 6 rings (SSSR count). The van der Waals surface area contributed by atoms with E-state index in [1.165, 1.54) is 18.5 Å². The third kappa shape index (κ3) is 5.22. The Labute approximate surface area is 221 Å². The second kappa shape index (κ2) is 10.4. The minimum Gasteiger partial charge on any atom is -0.424 e.